The molecule has 1 aromatic carbocycles. The SMILES string of the molecule is CCNC(=NCCNC(=O)c1cccnc1)N1CCC(CSc2ccccc2)C1. The molecule has 1 aromatic heterocycles. The molecule has 29 heavy (non-hydrogen) atoms. The first-order valence-electron chi connectivity index (χ1n) is 10.2. The summed E-state index contributed by atoms with van der Waals surface area (Å²) in [6.07, 6.45) is 4.41. The highest BCUT2D eigenvalue weighted by molar-refractivity contribution is 7.99. The van der Waals surface area contributed by atoms with E-state index in [1.807, 2.05) is 11.8 Å². The van der Waals surface area contributed by atoms with Crippen molar-refractivity contribution < 1.29 is 4.79 Å². The van der Waals surface area contributed by atoms with Crippen LogP contribution < -0.4 is 10.6 Å². The molecule has 6 nitrogen and oxygen atoms in total. The van der Waals surface area contributed by atoms with Gasteiger partial charge in [0.15, 0.2) is 5.96 Å². The van der Waals surface area contributed by atoms with E-state index >= 15 is 0 Å². The van der Waals surface area contributed by atoms with Gasteiger partial charge in [0, 0.05) is 49.2 Å². The number of guanidine groups is 1. The first-order chi connectivity index (χ1) is 14.3. The fourth-order valence-corrected chi connectivity index (χ4v) is 4.30. The highest BCUT2D eigenvalue weighted by atomic mass is 32.2. The van der Waals surface area contributed by atoms with Crippen molar-refractivity contribution in [3.8, 4) is 0 Å². The molecule has 0 saturated carbocycles. The number of pyridine rings is 1. The molecule has 1 atom stereocenters. The number of hydrogen-bond donors (Lipinski definition) is 2. The molecule has 0 radical (unpaired) electrons. The Morgan fingerprint density at radius 2 is 2.10 bits per heavy atom. The van der Waals surface area contributed by atoms with Crippen LogP contribution in [0.4, 0.5) is 0 Å². The van der Waals surface area contributed by atoms with Crippen LogP contribution in [0.1, 0.15) is 23.7 Å². The molecule has 1 unspecified atom stereocenters. The first kappa shape index (κ1) is 21.2. The second kappa shape index (κ2) is 11.5. The third-order valence-electron chi connectivity index (χ3n) is 4.73. The number of benzene rings is 1. The Bertz CT molecular complexity index is 784. The van der Waals surface area contributed by atoms with Crippen molar-refractivity contribution in [3.05, 3.63) is 60.4 Å². The zero-order chi connectivity index (χ0) is 20.3. The average Bonchev–Trinajstić information content (AvgIpc) is 3.24. The smallest absolute Gasteiger partial charge is 0.252 e. The van der Waals surface area contributed by atoms with Crippen molar-refractivity contribution in [1.82, 2.24) is 20.5 Å². The third kappa shape index (κ3) is 6.78. The summed E-state index contributed by atoms with van der Waals surface area (Å²) in [4.78, 5) is 24.4. The minimum Gasteiger partial charge on any atom is -0.357 e. The summed E-state index contributed by atoms with van der Waals surface area (Å²) in [5.41, 5.74) is 0.571. The van der Waals surface area contributed by atoms with Gasteiger partial charge in [-0.2, -0.15) is 0 Å². The summed E-state index contributed by atoms with van der Waals surface area (Å²) in [6, 6.07) is 14.1. The molecule has 0 aliphatic carbocycles. The third-order valence-corrected chi connectivity index (χ3v) is 5.98. The van der Waals surface area contributed by atoms with Gasteiger partial charge in [0.2, 0.25) is 0 Å². The van der Waals surface area contributed by atoms with Crippen LogP contribution in [0.15, 0.2) is 64.7 Å². The number of amides is 1. The van der Waals surface area contributed by atoms with E-state index in [4.69, 9.17) is 4.99 Å². The van der Waals surface area contributed by atoms with Crippen molar-refractivity contribution in [2.45, 2.75) is 18.2 Å². The highest BCUT2D eigenvalue weighted by Gasteiger charge is 2.24. The summed E-state index contributed by atoms with van der Waals surface area (Å²) in [5, 5.41) is 6.28. The molecule has 0 spiro atoms. The molecule has 3 rings (SSSR count). The van der Waals surface area contributed by atoms with E-state index in [0.717, 1.165) is 31.3 Å². The predicted molar refractivity (Wildman–Crippen MR) is 119 cm³/mol. The molecule has 2 heterocycles. The number of aromatic nitrogens is 1. The van der Waals surface area contributed by atoms with Gasteiger partial charge in [0.25, 0.3) is 5.91 Å². The van der Waals surface area contributed by atoms with E-state index in [1.165, 1.54) is 11.3 Å². The van der Waals surface area contributed by atoms with Crippen LogP contribution >= 0.6 is 11.8 Å². The molecule has 154 valence electrons. The maximum Gasteiger partial charge on any atom is 0.252 e. The molecule has 1 amide bonds. The van der Waals surface area contributed by atoms with Gasteiger partial charge >= 0.3 is 0 Å². The van der Waals surface area contributed by atoms with Gasteiger partial charge in [-0.15, -0.1) is 11.8 Å². The molecular formula is C22H29N5OS. The van der Waals surface area contributed by atoms with Crippen LogP contribution in [-0.2, 0) is 0 Å². The van der Waals surface area contributed by atoms with Crippen molar-refractivity contribution in [2.24, 2.45) is 10.9 Å². The summed E-state index contributed by atoms with van der Waals surface area (Å²) in [6.45, 7) is 6.01. The fraction of sp³-hybridized carbons (Fsp3) is 0.409. The standard InChI is InChI=1S/C22H29N5OS/c1-2-24-22(26-13-12-25-21(28)19-7-6-11-23-15-19)27-14-10-18(16-27)17-29-20-8-4-3-5-9-20/h3-9,11,15,18H,2,10,12-14,16-17H2,1H3,(H,24,26)(H,25,28). The monoisotopic (exact) mass is 411 g/mol. The largest absolute Gasteiger partial charge is 0.357 e. The number of nitrogens with one attached hydrogen (secondary N) is 2. The number of likely N-dealkylation sites (tertiary alicyclic amines) is 1. The van der Waals surface area contributed by atoms with E-state index in [0.29, 0.717) is 24.6 Å². The van der Waals surface area contributed by atoms with Crippen LogP contribution in [0.2, 0.25) is 0 Å². The molecule has 1 saturated heterocycles. The van der Waals surface area contributed by atoms with Crippen molar-refractivity contribution in [3.63, 3.8) is 0 Å². The first-order valence-corrected chi connectivity index (χ1v) is 11.1. The highest BCUT2D eigenvalue weighted by Crippen LogP contribution is 2.25. The van der Waals surface area contributed by atoms with Crippen LogP contribution in [0.5, 0.6) is 0 Å². The lowest BCUT2D eigenvalue weighted by atomic mass is 10.2. The van der Waals surface area contributed by atoms with E-state index in [1.54, 1.807) is 24.5 Å². The quantitative estimate of drug-likeness (QED) is 0.303. The number of hydrogen-bond acceptors (Lipinski definition) is 4. The van der Waals surface area contributed by atoms with E-state index < -0.39 is 0 Å². The van der Waals surface area contributed by atoms with Crippen molar-refractivity contribution >= 4 is 23.6 Å². The second-order valence-corrected chi connectivity index (χ2v) is 8.05. The number of rotatable bonds is 8. The van der Waals surface area contributed by atoms with Gasteiger partial charge in [-0.1, -0.05) is 18.2 Å². The normalized spacial score (nSPS) is 16.7. The molecule has 2 N–H and O–H groups in total. The Hall–Kier alpha value is -2.54. The molecular weight excluding hydrogens is 382 g/mol. The number of thioether (sulfide) groups is 1. The Labute approximate surface area is 177 Å². The van der Waals surface area contributed by atoms with Gasteiger partial charge in [-0.25, -0.2) is 0 Å². The number of nitrogens with zero attached hydrogens (tertiary/aromatic N) is 3. The van der Waals surface area contributed by atoms with E-state index in [-0.39, 0.29) is 5.91 Å². The van der Waals surface area contributed by atoms with Crippen molar-refractivity contribution in [2.75, 3.05) is 38.5 Å². The van der Waals surface area contributed by atoms with E-state index in [9.17, 15) is 4.79 Å². The topological polar surface area (TPSA) is 69.6 Å². The Morgan fingerprint density at radius 1 is 1.24 bits per heavy atom. The minimum atomic E-state index is -0.113. The van der Waals surface area contributed by atoms with Gasteiger partial charge in [0.1, 0.15) is 0 Å². The molecule has 0 bridgehead atoms. The fourth-order valence-electron chi connectivity index (χ4n) is 3.25. The zero-order valence-corrected chi connectivity index (χ0v) is 17.7. The zero-order valence-electron chi connectivity index (χ0n) is 16.9. The van der Waals surface area contributed by atoms with Crippen LogP contribution in [0.3, 0.4) is 0 Å². The number of carbonyl (C=O) groups is 1. The minimum absolute atomic E-state index is 0.113. The summed E-state index contributed by atoms with van der Waals surface area (Å²) in [5.74, 6) is 2.61. The average molecular weight is 412 g/mol. The molecule has 1 aliphatic rings. The second-order valence-electron chi connectivity index (χ2n) is 6.96. The van der Waals surface area contributed by atoms with Crippen LogP contribution in [-0.4, -0.2) is 60.2 Å². The van der Waals surface area contributed by atoms with Crippen LogP contribution in [0.25, 0.3) is 0 Å². The van der Waals surface area contributed by atoms with Gasteiger partial charge in [0.05, 0.1) is 12.1 Å². The molecule has 7 heteroatoms. The summed E-state index contributed by atoms with van der Waals surface area (Å²) in [7, 11) is 0. The molecule has 1 aliphatic heterocycles. The lowest BCUT2D eigenvalue weighted by molar-refractivity contribution is 0.0954. The Balaban J connectivity index is 1.44. The van der Waals surface area contributed by atoms with Gasteiger partial charge in [-0.05, 0) is 43.5 Å². The van der Waals surface area contributed by atoms with Crippen molar-refractivity contribution in [1.29, 1.82) is 0 Å². The maximum absolute atomic E-state index is 12.1. The summed E-state index contributed by atoms with van der Waals surface area (Å²) >= 11 is 1.93. The Kier molecular flexibility index (Phi) is 8.37. The molecule has 2 aromatic rings. The number of aliphatic imine (C=N–C) groups is 1. The van der Waals surface area contributed by atoms with Crippen LogP contribution in [0, 0.1) is 5.92 Å². The lowest BCUT2D eigenvalue weighted by Gasteiger charge is -2.21. The Morgan fingerprint density at radius 3 is 2.86 bits per heavy atom. The molecule has 1 fully saturated rings. The van der Waals surface area contributed by atoms with E-state index in [2.05, 4.69) is 57.8 Å². The summed E-state index contributed by atoms with van der Waals surface area (Å²) < 4.78 is 0. The van der Waals surface area contributed by atoms with Gasteiger partial charge in [-0.3, -0.25) is 14.8 Å². The number of carbonyl (C=O) groups excluding carboxylic acids is 1. The maximum atomic E-state index is 12.1. The van der Waals surface area contributed by atoms with Gasteiger partial charge < -0.3 is 15.5 Å². The predicted octanol–water partition coefficient (Wildman–Crippen LogP) is 2.89. The lowest BCUT2D eigenvalue weighted by Crippen LogP contribution is -2.40.